The van der Waals surface area contributed by atoms with Gasteiger partial charge in [0.05, 0.1) is 0 Å². The second-order valence-corrected chi connectivity index (χ2v) is 3.39. The maximum absolute atomic E-state index is 9.00. The van der Waals surface area contributed by atoms with E-state index in [0.717, 1.165) is 6.92 Å². The standard InChI is InChI=1S/C8H18.C2H4O2.CH5N3/c1-3-5-7-8-6-4-2;1-2(3)4;2-1(3)4/h3-8H2,1-2H3;1H3,(H,3,4);(H5,2,3,4). The van der Waals surface area contributed by atoms with Crippen molar-refractivity contribution in [3.63, 3.8) is 0 Å². The molecule has 0 aromatic carbocycles. The van der Waals surface area contributed by atoms with Gasteiger partial charge in [0.2, 0.25) is 0 Å². The monoisotopic (exact) mass is 233 g/mol. The van der Waals surface area contributed by atoms with E-state index < -0.39 is 5.97 Å². The molecule has 6 N–H and O–H groups in total. The van der Waals surface area contributed by atoms with Crippen molar-refractivity contribution < 1.29 is 9.90 Å². The molecule has 0 atom stereocenters. The van der Waals surface area contributed by atoms with Crippen LogP contribution in [0.2, 0.25) is 0 Å². The average Bonchev–Trinajstić information content (AvgIpc) is 2.11. The van der Waals surface area contributed by atoms with Gasteiger partial charge < -0.3 is 16.6 Å². The van der Waals surface area contributed by atoms with Crippen LogP contribution in [0.5, 0.6) is 0 Å². The van der Waals surface area contributed by atoms with E-state index in [2.05, 4.69) is 25.3 Å². The summed E-state index contributed by atoms with van der Waals surface area (Å²) in [5, 5.41) is 13.5. The van der Waals surface area contributed by atoms with E-state index in [-0.39, 0.29) is 5.96 Å². The van der Waals surface area contributed by atoms with Gasteiger partial charge in [0.25, 0.3) is 5.97 Å². The van der Waals surface area contributed by atoms with E-state index in [1.165, 1.54) is 38.5 Å². The molecular formula is C11H27N3O2. The van der Waals surface area contributed by atoms with E-state index in [1.54, 1.807) is 0 Å². The molecule has 0 unspecified atom stereocenters. The van der Waals surface area contributed by atoms with Gasteiger partial charge in [-0.2, -0.15) is 0 Å². The number of carboxylic acid groups (broad SMARTS) is 1. The lowest BCUT2D eigenvalue weighted by Crippen LogP contribution is -2.20. The van der Waals surface area contributed by atoms with Gasteiger partial charge in [0.15, 0.2) is 5.96 Å². The molecule has 0 saturated carbocycles. The fraction of sp³-hybridized carbons (Fsp3) is 0.818. The zero-order valence-corrected chi connectivity index (χ0v) is 10.8. The predicted octanol–water partition coefficient (Wildman–Crippen LogP) is 2.30. The zero-order valence-electron chi connectivity index (χ0n) is 10.8. The first-order valence-electron chi connectivity index (χ1n) is 5.67. The molecule has 0 spiro atoms. The van der Waals surface area contributed by atoms with Crippen molar-refractivity contribution in [1.29, 1.82) is 5.41 Å². The van der Waals surface area contributed by atoms with Crippen molar-refractivity contribution in [1.82, 2.24) is 0 Å². The first-order chi connectivity index (χ1) is 7.38. The summed E-state index contributed by atoms with van der Waals surface area (Å²) in [6, 6.07) is 0. The summed E-state index contributed by atoms with van der Waals surface area (Å²) in [7, 11) is 0. The van der Waals surface area contributed by atoms with Gasteiger partial charge in [-0.1, -0.05) is 52.4 Å². The molecular weight excluding hydrogens is 206 g/mol. The van der Waals surface area contributed by atoms with Crippen molar-refractivity contribution in [2.24, 2.45) is 11.5 Å². The second kappa shape index (κ2) is 19.3. The molecule has 0 aromatic heterocycles. The van der Waals surface area contributed by atoms with E-state index in [9.17, 15) is 0 Å². The van der Waals surface area contributed by atoms with Crippen LogP contribution in [0.4, 0.5) is 0 Å². The first kappa shape index (κ1) is 20.2. The van der Waals surface area contributed by atoms with Crippen LogP contribution in [-0.2, 0) is 4.79 Å². The number of hydrogen-bond donors (Lipinski definition) is 4. The number of carbonyl (C=O) groups is 1. The van der Waals surface area contributed by atoms with Crippen LogP contribution in [0, 0.1) is 5.41 Å². The Morgan fingerprint density at radius 3 is 1.38 bits per heavy atom. The van der Waals surface area contributed by atoms with Gasteiger partial charge in [-0.05, 0) is 0 Å². The quantitative estimate of drug-likeness (QED) is 0.331. The summed E-state index contributed by atoms with van der Waals surface area (Å²) in [5.41, 5.74) is 8.94. The van der Waals surface area contributed by atoms with Crippen LogP contribution in [0.25, 0.3) is 0 Å². The van der Waals surface area contributed by atoms with Crippen molar-refractivity contribution in [2.45, 2.75) is 59.3 Å². The van der Waals surface area contributed by atoms with E-state index in [4.69, 9.17) is 15.3 Å². The van der Waals surface area contributed by atoms with Gasteiger partial charge in [-0.15, -0.1) is 0 Å². The van der Waals surface area contributed by atoms with E-state index in [1.807, 2.05) is 0 Å². The molecule has 0 heterocycles. The number of nitrogens with two attached hydrogens (primary N) is 2. The molecule has 0 rings (SSSR count). The highest BCUT2D eigenvalue weighted by atomic mass is 16.4. The minimum absolute atomic E-state index is 0.333. The Balaban J connectivity index is -0.000000179. The molecule has 0 aliphatic heterocycles. The Bertz CT molecular complexity index is 135. The third-order valence-corrected chi connectivity index (χ3v) is 1.46. The lowest BCUT2D eigenvalue weighted by molar-refractivity contribution is -0.134. The third-order valence-electron chi connectivity index (χ3n) is 1.46. The Labute approximate surface area is 98.7 Å². The van der Waals surface area contributed by atoms with Crippen LogP contribution >= 0.6 is 0 Å². The lowest BCUT2D eigenvalue weighted by Gasteiger charge is -1.93. The second-order valence-electron chi connectivity index (χ2n) is 3.39. The van der Waals surface area contributed by atoms with Gasteiger partial charge in [0.1, 0.15) is 0 Å². The number of carboxylic acids is 1. The first-order valence-corrected chi connectivity index (χ1v) is 5.67. The summed E-state index contributed by atoms with van der Waals surface area (Å²) in [4.78, 5) is 9.00. The number of hydrogen-bond acceptors (Lipinski definition) is 2. The van der Waals surface area contributed by atoms with Crippen molar-refractivity contribution in [3.8, 4) is 0 Å². The van der Waals surface area contributed by atoms with Crippen molar-refractivity contribution in [3.05, 3.63) is 0 Å². The highest BCUT2D eigenvalue weighted by molar-refractivity contribution is 5.71. The SMILES string of the molecule is CC(=O)O.CCCCCCCC.N=C(N)N. The molecule has 5 heteroatoms. The normalized spacial score (nSPS) is 7.94. The largest absolute Gasteiger partial charge is 0.481 e. The fourth-order valence-electron chi connectivity index (χ4n) is 0.854. The van der Waals surface area contributed by atoms with E-state index >= 15 is 0 Å². The fourth-order valence-corrected chi connectivity index (χ4v) is 0.854. The van der Waals surface area contributed by atoms with Crippen LogP contribution < -0.4 is 11.5 Å². The van der Waals surface area contributed by atoms with Gasteiger partial charge in [-0.3, -0.25) is 10.2 Å². The van der Waals surface area contributed by atoms with Gasteiger partial charge in [0, 0.05) is 6.92 Å². The van der Waals surface area contributed by atoms with Crippen LogP contribution in [0.3, 0.4) is 0 Å². The summed E-state index contributed by atoms with van der Waals surface area (Å²) in [6.07, 6.45) is 8.49. The van der Waals surface area contributed by atoms with Crippen molar-refractivity contribution >= 4 is 11.9 Å². The lowest BCUT2D eigenvalue weighted by atomic mass is 10.1. The van der Waals surface area contributed by atoms with Crippen LogP contribution in [0.15, 0.2) is 0 Å². The molecule has 0 amide bonds. The molecule has 0 radical (unpaired) electrons. The molecule has 0 saturated heterocycles. The van der Waals surface area contributed by atoms with Crippen LogP contribution in [-0.4, -0.2) is 17.0 Å². The van der Waals surface area contributed by atoms with Gasteiger partial charge in [-0.25, -0.2) is 0 Å². The number of unbranched alkanes of at least 4 members (excludes halogenated alkanes) is 5. The van der Waals surface area contributed by atoms with E-state index in [0.29, 0.717) is 0 Å². The minimum atomic E-state index is -0.833. The van der Waals surface area contributed by atoms with Gasteiger partial charge >= 0.3 is 0 Å². The van der Waals surface area contributed by atoms with Crippen molar-refractivity contribution in [2.75, 3.05) is 0 Å². The topological polar surface area (TPSA) is 113 Å². The molecule has 98 valence electrons. The molecule has 5 nitrogen and oxygen atoms in total. The highest BCUT2D eigenvalue weighted by Gasteiger charge is 1.83. The molecule has 0 aliphatic carbocycles. The third kappa shape index (κ3) is 126. The zero-order chi connectivity index (χ0) is 13.4. The Kier molecular flexibility index (Phi) is 24.4. The molecule has 0 aromatic rings. The maximum atomic E-state index is 9.00. The number of rotatable bonds is 5. The summed E-state index contributed by atoms with van der Waals surface area (Å²) >= 11 is 0. The number of nitrogens with one attached hydrogen (secondary N) is 1. The smallest absolute Gasteiger partial charge is 0.300 e. The Hall–Kier alpha value is -1.26. The summed E-state index contributed by atoms with van der Waals surface area (Å²) in [6.45, 7) is 5.60. The van der Waals surface area contributed by atoms with Crippen LogP contribution in [0.1, 0.15) is 59.3 Å². The summed E-state index contributed by atoms with van der Waals surface area (Å²) < 4.78 is 0. The summed E-state index contributed by atoms with van der Waals surface area (Å²) in [5.74, 6) is -1.17. The highest BCUT2D eigenvalue weighted by Crippen LogP contribution is 2.03. The number of guanidine groups is 1. The molecule has 16 heavy (non-hydrogen) atoms. The molecule has 0 bridgehead atoms. The predicted molar refractivity (Wildman–Crippen MR) is 68.5 cm³/mol. The maximum Gasteiger partial charge on any atom is 0.300 e. The molecule has 0 aliphatic rings. The Morgan fingerprint density at radius 1 is 1.06 bits per heavy atom. The average molecular weight is 233 g/mol. The molecule has 0 fully saturated rings. The minimum Gasteiger partial charge on any atom is -0.481 e. The Morgan fingerprint density at radius 2 is 1.25 bits per heavy atom. The number of aliphatic carboxylic acids is 1.